The molecule has 2 aromatic carbocycles. The highest BCUT2D eigenvalue weighted by Crippen LogP contribution is 2.20. The van der Waals surface area contributed by atoms with Crippen molar-refractivity contribution >= 4 is 33.2 Å². The zero-order chi connectivity index (χ0) is 22.3. The molecule has 2 aromatic rings. The maximum atomic E-state index is 13.3. The normalized spacial score (nSPS) is 11.2. The van der Waals surface area contributed by atoms with Crippen LogP contribution in [0.3, 0.4) is 0 Å². The van der Waals surface area contributed by atoms with Crippen molar-refractivity contribution in [2.45, 2.75) is 31.6 Å². The smallest absolute Gasteiger partial charge is 0.261 e. The molecule has 0 unspecified atom stereocenters. The largest absolute Gasteiger partial charge is 0.347 e. The summed E-state index contributed by atoms with van der Waals surface area (Å²) in [5, 5.41) is 5.10. The van der Waals surface area contributed by atoms with Crippen LogP contribution in [0, 0.1) is 17.6 Å². The van der Waals surface area contributed by atoms with Crippen molar-refractivity contribution in [1.29, 1.82) is 0 Å². The van der Waals surface area contributed by atoms with E-state index in [1.807, 2.05) is 13.8 Å². The molecule has 0 fully saturated rings. The molecule has 0 aliphatic carbocycles. The summed E-state index contributed by atoms with van der Waals surface area (Å²) in [6.07, 6.45) is 1.08. The minimum Gasteiger partial charge on any atom is -0.347 e. The number of nitrogens with one attached hydrogen (secondary N) is 3. The number of halogens is 2. The fourth-order valence-corrected chi connectivity index (χ4v) is 3.44. The lowest BCUT2D eigenvalue weighted by Gasteiger charge is -2.10. The van der Waals surface area contributed by atoms with Crippen LogP contribution in [0.2, 0.25) is 0 Å². The molecule has 0 atom stereocenters. The summed E-state index contributed by atoms with van der Waals surface area (Å²) >= 11 is 0. The number of anilines is 2. The highest BCUT2D eigenvalue weighted by Gasteiger charge is 2.17. The van der Waals surface area contributed by atoms with E-state index in [-0.39, 0.29) is 18.1 Å². The summed E-state index contributed by atoms with van der Waals surface area (Å²) in [5.74, 6) is -2.66. The predicted octanol–water partition coefficient (Wildman–Crippen LogP) is 3.26. The zero-order valence-corrected chi connectivity index (χ0v) is 17.4. The van der Waals surface area contributed by atoms with E-state index in [4.69, 9.17) is 0 Å². The first-order valence-electron chi connectivity index (χ1n) is 9.21. The van der Waals surface area contributed by atoms with Crippen LogP contribution in [0.5, 0.6) is 0 Å². The molecule has 2 rings (SSSR count). The fraction of sp³-hybridized carbons (Fsp3) is 0.300. The number of carbonyl (C=O) groups is 2. The van der Waals surface area contributed by atoms with Crippen LogP contribution in [0.1, 0.15) is 26.7 Å². The van der Waals surface area contributed by atoms with Gasteiger partial charge in [0.15, 0.2) is 11.6 Å². The number of hydrogen-bond acceptors (Lipinski definition) is 4. The summed E-state index contributed by atoms with van der Waals surface area (Å²) in [6.45, 7) is 3.82. The maximum Gasteiger partial charge on any atom is 0.261 e. The summed E-state index contributed by atoms with van der Waals surface area (Å²) in [5.41, 5.74) is 0.562. The molecule has 162 valence electrons. The van der Waals surface area contributed by atoms with Gasteiger partial charge in [-0.05, 0) is 54.8 Å². The molecular formula is C20H23F2N3O4S. The standard InChI is InChI=1S/C20H23F2N3O4S/c1-13(2)3-10-19(26)23-12-20(27)24-14-4-6-15(7-5-14)25-30(28,29)16-8-9-17(21)18(22)11-16/h4-9,11,13,25H,3,10,12H2,1-2H3,(H,23,26)(H,24,27). The minimum atomic E-state index is -4.11. The van der Waals surface area contributed by atoms with Crippen molar-refractivity contribution in [1.82, 2.24) is 5.32 Å². The van der Waals surface area contributed by atoms with Gasteiger partial charge in [0.1, 0.15) is 0 Å². The van der Waals surface area contributed by atoms with Gasteiger partial charge in [-0.2, -0.15) is 0 Å². The van der Waals surface area contributed by atoms with Gasteiger partial charge < -0.3 is 10.6 Å². The van der Waals surface area contributed by atoms with E-state index in [2.05, 4.69) is 15.4 Å². The Bertz CT molecular complexity index is 1010. The summed E-state index contributed by atoms with van der Waals surface area (Å²) in [6, 6.07) is 7.97. The third-order valence-corrected chi connectivity index (χ3v) is 5.40. The molecule has 3 N–H and O–H groups in total. The van der Waals surface area contributed by atoms with Gasteiger partial charge in [0.05, 0.1) is 11.4 Å². The summed E-state index contributed by atoms with van der Waals surface area (Å²) in [4.78, 5) is 23.1. The third kappa shape index (κ3) is 7.11. The molecule has 0 saturated carbocycles. The van der Waals surface area contributed by atoms with Crippen molar-refractivity contribution in [3.8, 4) is 0 Å². The molecule has 7 nitrogen and oxygen atoms in total. The van der Waals surface area contributed by atoms with Crippen molar-refractivity contribution in [2.24, 2.45) is 5.92 Å². The Morgan fingerprint density at radius 2 is 1.57 bits per heavy atom. The molecule has 0 aromatic heterocycles. The van der Waals surface area contributed by atoms with E-state index < -0.39 is 32.5 Å². The van der Waals surface area contributed by atoms with Gasteiger partial charge in [-0.15, -0.1) is 0 Å². The second-order valence-electron chi connectivity index (χ2n) is 7.02. The van der Waals surface area contributed by atoms with Crippen LogP contribution in [0.25, 0.3) is 0 Å². The lowest BCUT2D eigenvalue weighted by Crippen LogP contribution is -2.32. The molecular weight excluding hydrogens is 416 g/mol. The minimum absolute atomic E-state index is 0.166. The van der Waals surface area contributed by atoms with Crippen LogP contribution in [-0.2, 0) is 19.6 Å². The Hall–Kier alpha value is -3.01. The molecule has 0 heterocycles. The molecule has 10 heteroatoms. The van der Waals surface area contributed by atoms with Crippen molar-refractivity contribution < 1.29 is 26.8 Å². The van der Waals surface area contributed by atoms with E-state index in [0.29, 0.717) is 24.1 Å². The summed E-state index contributed by atoms with van der Waals surface area (Å²) < 4.78 is 53.0. The number of carbonyl (C=O) groups excluding carboxylic acids is 2. The van der Waals surface area contributed by atoms with Gasteiger partial charge in [-0.1, -0.05) is 13.8 Å². The molecule has 0 aliphatic heterocycles. The average Bonchev–Trinajstić information content (AvgIpc) is 2.68. The van der Waals surface area contributed by atoms with E-state index in [1.165, 1.54) is 24.3 Å². The first kappa shape index (κ1) is 23.3. The van der Waals surface area contributed by atoms with Gasteiger partial charge in [-0.25, -0.2) is 17.2 Å². The molecule has 0 saturated heterocycles. The second kappa shape index (κ2) is 10.1. The number of benzene rings is 2. The Morgan fingerprint density at radius 3 is 2.17 bits per heavy atom. The first-order chi connectivity index (χ1) is 14.1. The van der Waals surface area contributed by atoms with Gasteiger partial charge in [0.2, 0.25) is 11.8 Å². The second-order valence-corrected chi connectivity index (χ2v) is 8.70. The Balaban J connectivity index is 1.90. The van der Waals surface area contributed by atoms with Gasteiger partial charge in [0, 0.05) is 17.8 Å². The summed E-state index contributed by atoms with van der Waals surface area (Å²) in [7, 11) is -4.11. The highest BCUT2D eigenvalue weighted by molar-refractivity contribution is 7.92. The van der Waals surface area contributed by atoms with E-state index in [1.54, 1.807) is 0 Å². The number of sulfonamides is 1. The molecule has 0 aliphatic rings. The van der Waals surface area contributed by atoms with Crippen LogP contribution < -0.4 is 15.4 Å². The molecule has 0 radical (unpaired) electrons. The highest BCUT2D eigenvalue weighted by atomic mass is 32.2. The van der Waals surface area contributed by atoms with Crippen molar-refractivity contribution in [3.05, 3.63) is 54.1 Å². The Morgan fingerprint density at radius 1 is 0.933 bits per heavy atom. The topological polar surface area (TPSA) is 104 Å². The number of amides is 2. The number of hydrogen-bond donors (Lipinski definition) is 3. The van der Waals surface area contributed by atoms with Crippen LogP contribution >= 0.6 is 0 Å². The maximum absolute atomic E-state index is 13.3. The lowest BCUT2D eigenvalue weighted by molar-refractivity contribution is -0.124. The number of rotatable bonds is 9. The Kier molecular flexibility index (Phi) is 7.87. The predicted molar refractivity (Wildman–Crippen MR) is 109 cm³/mol. The Labute approximate surface area is 173 Å². The van der Waals surface area contributed by atoms with Crippen LogP contribution in [-0.4, -0.2) is 26.8 Å². The van der Waals surface area contributed by atoms with Crippen LogP contribution in [0.4, 0.5) is 20.2 Å². The SMILES string of the molecule is CC(C)CCC(=O)NCC(=O)Nc1ccc(NS(=O)(=O)c2ccc(F)c(F)c2)cc1. The van der Waals surface area contributed by atoms with E-state index >= 15 is 0 Å². The van der Waals surface area contributed by atoms with Crippen LogP contribution in [0.15, 0.2) is 47.4 Å². The van der Waals surface area contributed by atoms with E-state index in [9.17, 15) is 26.8 Å². The lowest BCUT2D eigenvalue weighted by atomic mass is 10.1. The molecule has 30 heavy (non-hydrogen) atoms. The molecule has 0 bridgehead atoms. The average molecular weight is 439 g/mol. The van der Waals surface area contributed by atoms with Gasteiger partial charge in [-0.3, -0.25) is 14.3 Å². The van der Waals surface area contributed by atoms with Gasteiger partial charge >= 0.3 is 0 Å². The quantitative estimate of drug-likeness (QED) is 0.558. The van der Waals surface area contributed by atoms with Gasteiger partial charge in [0.25, 0.3) is 10.0 Å². The monoisotopic (exact) mass is 439 g/mol. The molecule has 2 amide bonds. The zero-order valence-electron chi connectivity index (χ0n) is 16.5. The first-order valence-corrected chi connectivity index (χ1v) is 10.7. The van der Waals surface area contributed by atoms with Crippen molar-refractivity contribution in [2.75, 3.05) is 16.6 Å². The van der Waals surface area contributed by atoms with E-state index in [0.717, 1.165) is 18.6 Å². The molecule has 0 spiro atoms. The third-order valence-electron chi connectivity index (χ3n) is 4.02. The van der Waals surface area contributed by atoms with Crippen molar-refractivity contribution in [3.63, 3.8) is 0 Å². The fourth-order valence-electron chi connectivity index (χ4n) is 2.37.